The fourth-order valence-corrected chi connectivity index (χ4v) is 2.19. The summed E-state index contributed by atoms with van der Waals surface area (Å²) >= 11 is 0. The average molecular weight is 288 g/mol. The molecular formula is C16H11F3N2. The van der Waals surface area contributed by atoms with E-state index in [0.717, 1.165) is 23.3 Å². The minimum Gasteiger partial charge on any atom is -0.277 e. The molecule has 3 rings (SSSR count). The zero-order chi connectivity index (χ0) is 14.9. The second-order valence-corrected chi connectivity index (χ2v) is 4.60. The number of benzene rings is 2. The molecule has 0 spiro atoms. The number of halogens is 3. The van der Waals surface area contributed by atoms with Gasteiger partial charge in [0, 0.05) is 11.1 Å². The van der Waals surface area contributed by atoms with Crippen molar-refractivity contribution in [2.45, 2.75) is 6.18 Å². The molecular weight excluding hydrogens is 277 g/mol. The predicted molar refractivity (Wildman–Crippen MR) is 74.5 cm³/mol. The number of rotatable bonds is 2. The fourth-order valence-electron chi connectivity index (χ4n) is 2.19. The molecule has 0 atom stereocenters. The first-order chi connectivity index (χ1) is 10.1. The number of hydrogen-bond donors (Lipinski definition) is 1. The van der Waals surface area contributed by atoms with Crippen molar-refractivity contribution in [1.82, 2.24) is 10.2 Å². The lowest BCUT2D eigenvalue weighted by molar-refractivity contribution is -0.137. The minimum atomic E-state index is -4.36. The topological polar surface area (TPSA) is 28.7 Å². The Morgan fingerprint density at radius 3 is 2.29 bits per heavy atom. The van der Waals surface area contributed by atoms with Crippen LogP contribution in [0.1, 0.15) is 5.56 Å². The van der Waals surface area contributed by atoms with Gasteiger partial charge in [-0.25, -0.2) is 0 Å². The van der Waals surface area contributed by atoms with E-state index < -0.39 is 11.7 Å². The molecule has 0 aliphatic rings. The minimum absolute atomic E-state index is 0.459. The van der Waals surface area contributed by atoms with Crippen molar-refractivity contribution in [3.05, 3.63) is 66.4 Å². The van der Waals surface area contributed by atoms with E-state index in [4.69, 9.17) is 0 Å². The van der Waals surface area contributed by atoms with E-state index in [1.54, 1.807) is 12.3 Å². The first-order valence-corrected chi connectivity index (χ1v) is 6.32. The molecule has 0 radical (unpaired) electrons. The molecule has 0 bridgehead atoms. The lowest BCUT2D eigenvalue weighted by atomic mass is 10.0. The summed E-state index contributed by atoms with van der Waals surface area (Å²) in [7, 11) is 0. The van der Waals surface area contributed by atoms with Gasteiger partial charge in [-0.05, 0) is 17.7 Å². The third-order valence-electron chi connectivity index (χ3n) is 3.20. The van der Waals surface area contributed by atoms with Crippen LogP contribution in [0.3, 0.4) is 0 Å². The van der Waals surface area contributed by atoms with Gasteiger partial charge in [-0.1, -0.05) is 42.5 Å². The molecule has 106 valence electrons. The molecule has 0 aliphatic carbocycles. The number of H-pyrrole nitrogens is 1. The van der Waals surface area contributed by atoms with Gasteiger partial charge in [-0.3, -0.25) is 5.10 Å². The van der Waals surface area contributed by atoms with Crippen LogP contribution in [-0.4, -0.2) is 10.2 Å². The molecule has 0 saturated heterocycles. The lowest BCUT2D eigenvalue weighted by Gasteiger charge is -2.09. The van der Waals surface area contributed by atoms with Crippen LogP contribution in [-0.2, 0) is 6.18 Å². The van der Waals surface area contributed by atoms with Crippen LogP contribution < -0.4 is 0 Å². The zero-order valence-corrected chi connectivity index (χ0v) is 10.9. The van der Waals surface area contributed by atoms with Gasteiger partial charge in [-0.2, -0.15) is 18.3 Å². The highest BCUT2D eigenvalue weighted by Gasteiger charge is 2.30. The van der Waals surface area contributed by atoms with Gasteiger partial charge < -0.3 is 0 Å². The Bertz CT molecular complexity index is 745. The van der Waals surface area contributed by atoms with Crippen molar-refractivity contribution < 1.29 is 13.2 Å². The quantitative estimate of drug-likeness (QED) is 0.723. The molecule has 0 aliphatic heterocycles. The summed E-state index contributed by atoms with van der Waals surface area (Å²) in [6.45, 7) is 0. The normalized spacial score (nSPS) is 11.6. The lowest BCUT2D eigenvalue weighted by Crippen LogP contribution is -2.04. The third-order valence-corrected chi connectivity index (χ3v) is 3.20. The van der Waals surface area contributed by atoms with Crippen molar-refractivity contribution in [2.75, 3.05) is 0 Å². The van der Waals surface area contributed by atoms with Crippen molar-refractivity contribution in [2.24, 2.45) is 0 Å². The van der Waals surface area contributed by atoms with Crippen molar-refractivity contribution in [3.8, 4) is 22.4 Å². The monoisotopic (exact) mass is 288 g/mol. The molecule has 21 heavy (non-hydrogen) atoms. The summed E-state index contributed by atoms with van der Waals surface area (Å²) < 4.78 is 38.4. The maximum Gasteiger partial charge on any atom is 0.416 e. The van der Waals surface area contributed by atoms with Crippen molar-refractivity contribution in [3.63, 3.8) is 0 Å². The standard InChI is InChI=1S/C16H11F3N2/c17-16(18,19)13-8-4-7-12(9-13)15-14(10-20-21-15)11-5-2-1-3-6-11/h1-10H,(H,20,21). The molecule has 1 heterocycles. The first-order valence-electron chi connectivity index (χ1n) is 6.32. The summed E-state index contributed by atoms with van der Waals surface area (Å²) in [4.78, 5) is 0. The zero-order valence-electron chi connectivity index (χ0n) is 10.9. The molecule has 2 aromatic carbocycles. The Morgan fingerprint density at radius 2 is 1.57 bits per heavy atom. The summed E-state index contributed by atoms with van der Waals surface area (Å²) in [5.41, 5.74) is 2.04. The maximum absolute atomic E-state index is 12.8. The molecule has 5 heteroatoms. The molecule has 1 aromatic heterocycles. The van der Waals surface area contributed by atoms with Crippen LogP contribution in [0.25, 0.3) is 22.4 Å². The van der Waals surface area contributed by atoms with Gasteiger partial charge >= 0.3 is 6.18 Å². The van der Waals surface area contributed by atoms with Gasteiger partial charge in [0.25, 0.3) is 0 Å². The van der Waals surface area contributed by atoms with Crippen LogP contribution >= 0.6 is 0 Å². The number of alkyl halides is 3. The van der Waals surface area contributed by atoms with Gasteiger partial charge in [0.15, 0.2) is 0 Å². The van der Waals surface area contributed by atoms with E-state index in [-0.39, 0.29) is 0 Å². The number of aromatic nitrogens is 2. The first kappa shape index (κ1) is 13.4. The largest absolute Gasteiger partial charge is 0.416 e. The smallest absolute Gasteiger partial charge is 0.277 e. The molecule has 0 unspecified atom stereocenters. The summed E-state index contributed by atoms with van der Waals surface area (Å²) in [6.07, 6.45) is -2.74. The van der Waals surface area contributed by atoms with E-state index in [0.29, 0.717) is 11.3 Å². The highest BCUT2D eigenvalue weighted by molar-refractivity contribution is 5.80. The molecule has 0 fully saturated rings. The van der Waals surface area contributed by atoms with Gasteiger partial charge in [-0.15, -0.1) is 0 Å². The predicted octanol–water partition coefficient (Wildman–Crippen LogP) is 4.76. The van der Waals surface area contributed by atoms with E-state index in [9.17, 15) is 13.2 Å². The van der Waals surface area contributed by atoms with Crippen molar-refractivity contribution >= 4 is 0 Å². The third kappa shape index (κ3) is 2.67. The number of nitrogens with zero attached hydrogens (tertiary/aromatic N) is 1. The molecule has 3 aromatic rings. The Balaban J connectivity index is 2.09. The maximum atomic E-state index is 12.8. The fraction of sp³-hybridized carbons (Fsp3) is 0.0625. The summed E-state index contributed by atoms with van der Waals surface area (Å²) in [6, 6.07) is 14.6. The van der Waals surface area contributed by atoms with Crippen LogP contribution in [0, 0.1) is 0 Å². The Kier molecular flexibility index (Phi) is 3.25. The summed E-state index contributed by atoms with van der Waals surface area (Å²) in [5, 5.41) is 6.74. The van der Waals surface area contributed by atoms with E-state index >= 15 is 0 Å². The molecule has 0 saturated carbocycles. The van der Waals surface area contributed by atoms with Gasteiger partial charge in [0.05, 0.1) is 17.5 Å². The van der Waals surface area contributed by atoms with E-state index in [2.05, 4.69) is 10.2 Å². The van der Waals surface area contributed by atoms with Gasteiger partial charge in [0.2, 0.25) is 0 Å². The van der Waals surface area contributed by atoms with Crippen LogP contribution in [0.4, 0.5) is 13.2 Å². The molecule has 1 N–H and O–H groups in total. The SMILES string of the molecule is FC(F)(F)c1cccc(-c2[nH]ncc2-c2ccccc2)c1. The number of aromatic amines is 1. The highest BCUT2D eigenvalue weighted by atomic mass is 19.4. The molecule has 0 amide bonds. The average Bonchev–Trinajstić information content (AvgIpc) is 2.97. The van der Waals surface area contributed by atoms with E-state index in [1.165, 1.54) is 6.07 Å². The van der Waals surface area contributed by atoms with Crippen molar-refractivity contribution in [1.29, 1.82) is 0 Å². The van der Waals surface area contributed by atoms with Crippen LogP contribution in [0.5, 0.6) is 0 Å². The van der Waals surface area contributed by atoms with E-state index in [1.807, 2.05) is 30.3 Å². The van der Waals surface area contributed by atoms with Crippen LogP contribution in [0.15, 0.2) is 60.8 Å². The number of hydrogen-bond acceptors (Lipinski definition) is 1. The summed E-state index contributed by atoms with van der Waals surface area (Å²) in [5.74, 6) is 0. The Hall–Kier alpha value is -2.56. The highest BCUT2D eigenvalue weighted by Crippen LogP contribution is 2.34. The Morgan fingerprint density at radius 1 is 0.857 bits per heavy atom. The molecule has 2 nitrogen and oxygen atoms in total. The number of nitrogens with one attached hydrogen (secondary N) is 1. The second kappa shape index (κ2) is 5.09. The second-order valence-electron chi connectivity index (χ2n) is 4.60. The van der Waals surface area contributed by atoms with Gasteiger partial charge in [0.1, 0.15) is 0 Å². The Labute approximate surface area is 119 Å². The van der Waals surface area contributed by atoms with Crippen LogP contribution in [0.2, 0.25) is 0 Å².